The minimum atomic E-state index is -0.231. The van der Waals surface area contributed by atoms with Crippen LogP contribution in [-0.4, -0.2) is 33.4 Å². The molecule has 2 N–H and O–H groups in total. The van der Waals surface area contributed by atoms with Crippen molar-refractivity contribution in [3.8, 4) is 11.8 Å². The van der Waals surface area contributed by atoms with Gasteiger partial charge in [-0.05, 0) is 43.6 Å². The van der Waals surface area contributed by atoms with Gasteiger partial charge in [0.2, 0.25) is 22.8 Å². The average molecular weight is 410 g/mol. The van der Waals surface area contributed by atoms with Crippen LogP contribution in [0.25, 0.3) is 21.9 Å². The molecule has 1 aliphatic heterocycles. The summed E-state index contributed by atoms with van der Waals surface area (Å²) in [4.78, 5) is 25.1. The number of ether oxygens (including phenoxy) is 1. The number of carbonyl (C=O) groups excluding carboxylic acids is 1. The van der Waals surface area contributed by atoms with Gasteiger partial charge in [0.05, 0.1) is 16.6 Å². The highest BCUT2D eigenvalue weighted by molar-refractivity contribution is 6.28. The average Bonchev–Trinajstić information content (AvgIpc) is 2.98. The summed E-state index contributed by atoms with van der Waals surface area (Å²) in [6, 6.07) is 8.93. The molecule has 0 spiro atoms. The number of rotatable bonds is 2. The maximum absolute atomic E-state index is 12.4. The lowest BCUT2D eigenvalue weighted by molar-refractivity contribution is 0.0920. The minimum absolute atomic E-state index is 0.00334. The number of fused-ring (bicyclic) bond motifs is 5. The first kappa shape index (κ1) is 17.7. The predicted molar refractivity (Wildman–Crippen MR) is 109 cm³/mol. The van der Waals surface area contributed by atoms with Gasteiger partial charge in [0.25, 0.3) is 5.91 Å². The van der Waals surface area contributed by atoms with E-state index in [2.05, 4.69) is 25.6 Å². The summed E-state index contributed by atoms with van der Waals surface area (Å²) in [5.41, 5.74) is 2.70. The molecule has 0 saturated carbocycles. The molecule has 1 atom stereocenters. The van der Waals surface area contributed by atoms with Crippen molar-refractivity contribution in [1.82, 2.24) is 20.3 Å². The Bertz CT molecular complexity index is 1270. The highest BCUT2D eigenvalue weighted by Gasteiger charge is 2.26. The van der Waals surface area contributed by atoms with Crippen LogP contribution in [0.3, 0.4) is 0 Å². The molecule has 9 heteroatoms. The Labute approximate surface area is 170 Å². The molecule has 1 aliphatic rings. The number of hydrogen-bond donors (Lipinski definition) is 2. The standard InChI is InChI=1S/C20H16ClN5O3/c1-9-7-15(26-20(21)24-9)29-14-6-3-11-12(25-14)4-5-13-16(11)17-18(28-13)19(27)23-10(2)8-22-17/h3-7,10,22H,8H2,1-2H3,(H,23,27)/t10-/m1/s1. The Morgan fingerprint density at radius 1 is 1.17 bits per heavy atom. The topological polar surface area (TPSA) is 102 Å². The lowest BCUT2D eigenvalue weighted by atomic mass is 10.1. The van der Waals surface area contributed by atoms with Crippen molar-refractivity contribution in [3.63, 3.8) is 0 Å². The molecule has 4 aromatic rings. The first-order valence-electron chi connectivity index (χ1n) is 9.08. The first-order chi connectivity index (χ1) is 14.0. The van der Waals surface area contributed by atoms with Gasteiger partial charge in [-0.25, -0.2) is 9.97 Å². The molecular weight excluding hydrogens is 394 g/mol. The normalized spacial score (nSPS) is 16.2. The number of halogens is 1. The van der Waals surface area contributed by atoms with Crippen molar-refractivity contribution in [2.24, 2.45) is 0 Å². The van der Waals surface area contributed by atoms with Crippen LogP contribution in [0.2, 0.25) is 5.28 Å². The molecule has 0 radical (unpaired) electrons. The van der Waals surface area contributed by atoms with Crippen LogP contribution in [0.5, 0.6) is 11.8 Å². The monoisotopic (exact) mass is 409 g/mol. The zero-order valence-corrected chi connectivity index (χ0v) is 16.4. The lowest BCUT2D eigenvalue weighted by Gasteiger charge is -2.10. The number of anilines is 1. The van der Waals surface area contributed by atoms with Crippen molar-refractivity contribution < 1.29 is 13.9 Å². The van der Waals surface area contributed by atoms with Crippen molar-refractivity contribution in [2.75, 3.05) is 11.9 Å². The smallest absolute Gasteiger partial charge is 0.289 e. The second-order valence-electron chi connectivity index (χ2n) is 6.94. The molecule has 8 nitrogen and oxygen atoms in total. The third-order valence-corrected chi connectivity index (χ3v) is 4.85. The van der Waals surface area contributed by atoms with Crippen LogP contribution in [-0.2, 0) is 0 Å². The van der Waals surface area contributed by atoms with E-state index in [-0.39, 0.29) is 23.0 Å². The fourth-order valence-corrected chi connectivity index (χ4v) is 3.64. The van der Waals surface area contributed by atoms with Crippen molar-refractivity contribution in [2.45, 2.75) is 19.9 Å². The van der Waals surface area contributed by atoms with E-state index in [4.69, 9.17) is 20.8 Å². The van der Waals surface area contributed by atoms with E-state index in [1.165, 1.54) is 0 Å². The number of pyridine rings is 1. The van der Waals surface area contributed by atoms with E-state index in [0.717, 1.165) is 10.8 Å². The Morgan fingerprint density at radius 3 is 2.86 bits per heavy atom. The number of carbonyl (C=O) groups is 1. The summed E-state index contributed by atoms with van der Waals surface area (Å²) >= 11 is 5.89. The van der Waals surface area contributed by atoms with Crippen LogP contribution in [0, 0.1) is 6.92 Å². The van der Waals surface area contributed by atoms with Gasteiger partial charge in [-0.2, -0.15) is 4.98 Å². The summed E-state index contributed by atoms with van der Waals surface area (Å²) in [5.74, 6) is 0.744. The molecule has 3 aromatic heterocycles. The fraction of sp³-hybridized carbons (Fsp3) is 0.200. The summed E-state index contributed by atoms with van der Waals surface area (Å²) in [7, 11) is 0. The molecule has 0 saturated heterocycles. The number of aryl methyl sites for hydroxylation is 1. The molecular formula is C20H16ClN5O3. The van der Waals surface area contributed by atoms with E-state index >= 15 is 0 Å². The van der Waals surface area contributed by atoms with Gasteiger partial charge in [0.15, 0.2) is 0 Å². The number of amides is 1. The number of aromatic nitrogens is 3. The maximum Gasteiger partial charge on any atom is 0.289 e. The Kier molecular flexibility index (Phi) is 4.02. The molecule has 4 heterocycles. The summed E-state index contributed by atoms with van der Waals surface area (Å²) < 4.78 is 11.6. The molecule has 5 rings (SSSR count). The Balaban J connectivity index is 1.61. The maximum atomic E-state index is 12.4. The molecule has 1 amide bonds. The quantitative estimate of drug-likeness (QED) is 0.481. The highest BCUT2D eigenvalue weighted by Crippen LogP contribution is 2.37. The molecule has 0 bridgehead atoms. The predicted octanol–water partition coefficient (Wildman–Crippen LogP) is 4.07. The Hall–Kier alpha value is -3.39. The first-order valence-corrected chi connectivity index (χ1v) is 9.46. The fourth-order valence-electron chi connectivity index (χ4n) is 3.43. The largest absolute Gasteiger partial charge is 0.449 e. The zero-order valence-electron chi connectivity index (χ0n) is 15.6. The number of nitrogens with zero attached hydrogens (tertiary/aromatic N) is 3. The summed E-state index contributed by atoms with van der Waals surface area (Å²) in [6.45, 7) is 4.34. The van der Waals surface area contributed by atoms with E-state index < -0.39 is 0 Å². The van der Waals surface area contributed by atoms with E-state index in [1.807, 2.05) is 19.1 Å². The van der Waals surface area contributed by atoms with Crippen LogP contribution in [0.15, 0.2) is 34.7 Å². The molecule has 0 aliphatic carbocycles. The highest BCUT2D eigenvalue weighted by atomic mass is 35.5. The van der Waals surface area contributed by atoms with Gasteiger partial charge in [0.1, 0.15) is 5.58 Å². The SMILES string of the molecule is Cc1cc(Oc2ccc3c(ccc4oc5c(c43)NC[C@@H](C)NC5=O)n2)nc(Cl)n1. The number of nitrogens with one attached hydrogen (secondary N) is 2. The van der Waals surface area contributed by atoms with Crippen LogP contribution < -0.4 is 15.4 Å². The van der Waals surface area contributed by atoms with Gasteiger partial charge in [-0.3, -0.25) is 4.79 Å². The second-order valence-corrected chi connectivity index (χ2v) is 7.27. The third kappa shape index (κ3) is 3.11. The van der Waals surface area contributed by atoms with Gasteiger partial charge >= 0.3 is 0 Å². The molecule has 0 unspecified atom stereocenters. The van der Waals surface area contributed by atoms with E-state index in [1.54, 1.807) is 25.1 Å². The number of furan rings is 1. The van der Waals surface area contributed by atoms with Crippen molar-refractivity contribution >= 4 is 45.1 Å². The van der Waals surface area contributed by atoms with Crippen molar-refractivity contribution in [3.05, 3.63) is 47.1 Å². The minimum Gasteiger partial charge on any atom is -0.449 e. The molecule has 1 aromatic carbocycles. The van der Waals surface area contributed by atoms with Crippen LogP contribution >= 0.6 is 11.6 Å². The van der Waals surface area contributed by atoms with Gasteiger partial charge in [-0.15, -0.1) is 0 Å². The second kappa shape index (κ2) is 6.59. The van der Waals surface area contributed by atoms with Crippen molar-refractivity contribution in [1.29, 1.82) is 0 Å². The van der Waals surface area contributed by atoms with E-state index in [9.17, 15) is 4.79 Å². The van der Waals surface area contributed by atoms with Gasteiger partial charge in [0, 0.05) is 35.8 Å². The van der Waals surface area contributed by atoms with Crippen LogP contribution in [0.1, 0.15) is 23.2 Å². The molecule has 0 fully saturated rings. The summed E-state index contributed by atoms with van der Waals surface area (Å²) in [5, 5.41) is 8.01. The third-order valence-electron chi connectivity index (χ3n) is 4.68. The molecule has 146 valence electrons. The zero-order chi connectivity index (χ0) is 20.1. The number of benzene rings is 1. The van der Waals surface area contributed by atoms with Gasteiger partial charge in [-0.1, -0.05) is 0 Å². The van der Waals surface area contributed by atoms with Gasteiger partial charge < -0.3 is 19.8 Å². The van der Waals surface area contributed by atoms with E-state index in [0.29, 0.717) is 40.8 Å². The van der Waals surface area contributed by atoms with Crippen LogP contribution in [0.4, 0.5) is 5.69 Å². The molecule has 29 heavy (non-hydrogen) atoms. The lowest BCUT2D eigenvalue weighted by Crippen LogP contribution is -2.34. The Morgan fingerprint density at radius 2 is 2.03 bits per heavy atom. The number of hydrogen-bond acceptors (Lipinski definition) is 7. The summed E-state index contributed by atoms with van der Waals surface area (Å²) in [6.07, 6.45) is 0.